The van der Waals surface area contributed by atoms with Crippen molar-refractivity contribution >= 4 is 29.3 Å². The summed E-state index contributed by atoms with van der Waals surface area (Å²) < 4.78 is 5.23. The maximum absolute atomic E-state index is 13.2. The number of methoxy groups -OCH3 is 1. The minimum Gasteiger partial charge on any atom is -0.495 e. The molecule has 2 saturated carbocycles. The number of amides is 1. The summed E-state index contributed by atoms with van der Waals surface area (Å²) in [5.41, 5.74) is 1.28. The summed E-state index contributed by atoms with van der Waals surface area (Å²) in [7, 11) is 1.57. The van der Waals surface area contributed by atoms with Gasteiger partial charge in [0.05, 0.1) is 30.9 Å². The molecule has 10 heteroatoms. The number of nitrogens with zero attached hydrogens (tertiary/aromatic N) is 3. The molecule has 1 aromatic carbocycles. The third-order valence-electron chi connectivity index (χ3n) is 7.48. The Labute approximate surface area is 209 Å². The minimum absolute atomic E-state index is 0.0154. The Balaban J connectivity index is 1.37. The van der Waals surface area contributed by atoms with Crippen LogP contribution in [0.3, 0.4) is 0 Å². The lowest BCUT2D eigenvalue weighted by atomic mass is 9.93. The van der Waals surface area contributed by atoms with Gasteiger partial charge in [-0.1, -0.05) is 17.7 Å². The highest BCUT2D eigenvalue weighted by molar-refractivity contribution is 6.32. The number of rotatable bonds is 8. The molecule has 0 spiro atoms. The van der Waals surface area contributed by atoms with E-state index in [1.807, 2.05) is 12.1 Å². The van der Waals surface area contributed by atoms with E-state index in [4.69, 9.17) is 21.3 Å². The van der Waals surface area contributed by atoms with Crippen LogP contribution in [0.4, 0.5) is 11.8 Å². The zero-order valence-electron chi connectivity index (χ0n) is 19.8. The highest BCUT2D eigenvalue weighted by Crippen LogP contribution is 2.50. The molecule has 1 amide bonds. The molecule has 1 unspecified atom stereocenters. The van der Waals surface area contributed by atoms with Crippen LogP contribution >= 0.6 is 11.6 Å². The van der Waals surface area contributed by atoms with Gasteiger partial charge in [0.15, 0.2) is 0 Å². The summed E-state index contributed by atoms with van der Waals surface area (Å²) in [5, 5.41) is 26.6. The molecular weight excluding hydrogens is 470 g/mol. The van der Waals surface area contributed by atoms with Crippen LogP contribution in [0.1, 0.15) is 48.0 Å². The summed E-state index contributed by atoms with van der Waals surface area (Å²) in [5.74, 6) is 2.39. The number of aliphatic hydroxyl groups is 2. The van der Waals surface area contributed by atoms with Gasteiger partial charge in [0, 0.05) is 25.3 Å². The van der Waals surface area contributed by atoms with Crippen molar-refractivity contribution in [2.24, 2.45) is 11.8 Å². The maximum atomic E-state index is 13.2. The molecule has 2 aliphatic carbocycles. The van der Waals surface area contributed by atoms with E-state index in [-0.39, 0.29) is 30.7 Å². The average molecular weight is 502 g/mol. The van der Waals surface area contributed by atoms with E-state index in [1.165, 1.54) is 0 Å². The molecule has 35 heavy (non-hydrogen) atoms. The third-order valence-corrected chi connectivity index (χ3v) is 7.77. The van der Waals surface area contributed by atoms with Gasteiger partial charge in [-0.15, -0.1) is 0 Å². The van der Waals surface area contributed by atoms with Crippen molar-refractivity contribution in [2.75, 3.05) is 30.5 Å². The van der Waals surface area contributed by atoms with Crippen LogP contribution in [0.15, 0.2) is 24.4 Å². The van der Waals surface area contributed by atoms with Gasteiger partial charge < -0.3 is 30.5 Å². The van der Waals surface area contributed by atoms with Crippen molar-refractivity contribution in [3.05, 3.63) is 40.5 Å². The Kier molecular flexibility index (Phi) is 7.00. The monoisotopic (exact) mass is 501 g/mol. The molecule has 2 aromatic rings. The van der Waals surface area contributed by atoms with Gasteiger partial charge in [0.25, 0.3) is 5.91 Å². The molecule has 9 nitrogen and oxygen atoms in total. The van der Waals surface area contributed by atoms with Gasteiger partial charge in [0.2, 0.25) is 5.95 Å². The van der Waals surface area contributed by atoms with Crippen LogP contribution in [-0.2, 0) is 6.54 Å². The Bertz CT molecular complexity index is 1080. The number of aromatic nitrogens is 2. The van der Waals surface area contributed by atoms with Crippen molar-refractivity contribution in [1.82, 2.24) is 15.3 Å². The molecule has 4 N–H and O–H groups in total. The summed E-state index contributed by atoms with van der Waals surface area (Å²) >= 11 is 6.28. The lowest BCUT2D eigenvalue weighted by Gasteiger charge is -2.28. The molecule has 2 heterocycles. The normalized spacial score (nSPS) is 27.3. The van der Waals surface area contributed by atoms with Crippen LogP contribution in [0.5, 0.6) is 5.75 Å². The Morgan fingerprint density at radius 2 is 2.09 bits per heavy atom. The third kappa shape index (κ3) is 5.17. The predicted molar refractivity (Wildman–Crippen MR) is 133 cm³/mol. The average Bonchev–Trinajstić information content (AvgIpc) is 3.54. The van der Waals surface area contributed by atoms with Gasteiger partial charge in [-0.25, -0.2) is 4.98 Å². The largest absolute Gasteiger partial charge is 0.495 e. The SMILES string of the molecule is COc1ccc(CNc2nc(N3C[C@@H]4C[C@H]4C3CO)ncc2C(=O)NC2CCC(O)CC2)cc1Cl. The number of carbonyl (C=O) groups excluding carboxylic acids is 1. The number of hydrogen-bond acceptors (Lipinski definition) is 8. The second kappa shape index (κ2) is 10.2. The number of piperidine rings is 1. The fourth-order valence-electron chi connectivity index (χ4n) is 5.34. The standard InChI is InChI=1S/C25H32ClN5O4/c1-35-22-7-2-14(8-20(22)26)10-27-23-19(24(34)29-16-3-5-17(33)6-4-16)11-28-25(30-23)31-12-15-9-18(15)21(31)13-32/h2,7-8,11,15-18,21,32-33H,3-6,9-10,12-13H2,1H3,(H,29,34)(H,27,28,30)/t15-,16?,17?,18+,21?/m0/s1. The summed E-state index contributed by atoms with van der Waals surface area (Å²) in [4.78, 5) is 24.5. The topological polar surface area (TPSA) is 120 Å². The van der Waals surface area contributed by atoms with E-state index in [1.54, 1.807) is 19.4 Å². The molecule has 1 aromatic heterocycles. The molecule has 1 aliphatic heterocycles. The summed E-state index contributed by atoms with van der Waals surface area (Å²) in [6.45, 7) is 1.29. The van der Waals surface area contributed by atoms with E-state index in [9.17, 15) is 15.0 Å². The first-order valence-corrected chi connectivity index (χ1v) is 12.6. The molecule has 188 valence electrons. The molecule has 3 atom stereocenters. The summed E-state index contributed by atoms with van der Waals surface area (Å²) in [6.07, 6.45) is 5.28. The number of halogens is 1. The van der Waals surface area contributed by atoms with Crippen LogP contribution in [0.25, 0.3) is 0 Å². The van der Waals surface area contributed by atoms with Crippen molar-refractivity contribution in [1.29, 1.82) is 0 Å². The van der Waals surface area contributed by atoms with E-state index >= 15 is 0 Å². The fourth-order valence-corrected chi connectivity index (χ4v) is 5.62. The second-order valence-electron chi connectivity index (χ2n) is 9.80. The highest BCUT2D eigenvalue weighted by Gasteiger charge is 2.53. The van der Waals surface area contributed by atoms with E-state index in [0.29, 0.717) is 59.3 Å². The van der Waals surface area contributed by atoms with Gasteiger partial charge in [-0.05, 0) is 61.6 Å². The Hall–Kier alpha value is -2.62. The van der Waals surface area contributed by atoms with E-state index < -0.39 is 0 Å². The number of nitrogens with one attached hydrogen (secondary N) is 2. The van der Waals surface area contributed by atoms with Gasteiger partial charge in [-0.3, -0.25) is 4.79 Å². The molecular formula is C25H32ClN5O4. The molecule has 5 rings (SSSR count). The van der Waals surface area contributed by atoms with Crippen LogP contribution in [-0.4, -0.2) is 64.5 Å². The van der Waals surface area contributed by atoms with Crippen LogP contribution in [0, 0.1) is 11.8 Å². The number of ether oxygens (including phenoxy) is 1. The van der Waals surface area contributed by atoms with Crippen molar-refractivity contribution < 1.29 is 19.7 Å². The van der Waals surface area contributed by atoms with Crippen molar-refractivity contribution in [3.63, 3.8) is 0 Å². The number of hydrogen-bond donors (Lipinski definition) is 4. The Morgan fingerprint density at radius 1 is 1.29 bits per heavy atom. The van der Waals surface area contributed by atoms with E-state index in [0.717, 1.165) is 31.4 Å². The molecule has 3 aliphatic rings. The molecule has 0 radical (unpaired) electrons. The van der Waals surface area contributed by atoms with E-state index in [2.05, 4.69) is 20.5 Å². The van der Waals surface area contributed by atoms with Gasteiger partial charge in [0.1, 0.15) is 17.1 Å². The quantitative estimate of drug-likeness (QED) is 0.435. The summed E-state index contributed by atoms with van der Waals surface area (Å²) in [6, 6.07) is 5.56. The predicted octanol–water partition coefficient (Wildman–Crippen LogP) is 2.60. The number of fused-ring (bicyclic) bond motifs is 1. The second-order valence-corrected chi connectivity index (χ2v) is 10.2. The number of aliphatic hydroxyl groups excluding tert-OH is 2. The lowest BCUT2D eigenvalue weighted by molar-refractivity contribution is 0.0867. The van der Waals surface area contributed by atoms with Gasteiger partial charge in [-0.2, -0.15) is 4.98 Å². The maximum Gasteiger partial charge on any atom is 0.256 e. The first kappa shape index (κ1) is 24.1. The first-order valence-electron chi connectivity index (χ1n) is 12.3. The lowest BCUT2D eigenvalue weighted by Crippen LogP contribution is -2.39. The molecule has 3 fully saturated rings. The van der Waals surface area contributed by atoms with Gasteiger partial charge >= 0.3 is 0 Å². The van der Waals surface area contributed by atoms with Crippen molar-refractivity contribution in [3.8, 4) is 5.75 Å². The Morgan fingerprint density at radius 3 is 2.80 bits per heavy atom. The van der Waals surface area contributed by atoms with Crippen LogP contribution in [0.2, 0.25) is 5.02 Å². The number of benzene rings is 1. The minimum atomic E-state index is -0.287. The molecule has 1 saturated heterocycles. The zero-order chi connectivity index (χ0) is 24.5. The highest BCUT2D eigenvalue weighted by atomic mass is 35.5. The smallest absolute Gasteiger partial charge is 0.256 e. The molecule has 0 bridgehead atoms. The zero-order valence-corrected chi connectivity index (χ0v) is 20.5. The number of carbonyl (C=O) groups is 1. The first-order chi connectivity index (χ1) is 17.0. The van der Waals surface area contributed by atoms with Crippen molar-refractivity contribution in [2.45, 2.75) is 56.8 Å². The fraction of sp³-hybridized carbons (Fsp3) is 0.560. The number of anilines is 2. The van der Waals surface area contributed by atoms with Crippen LogP contribution < -0.4 is 20.3 Å².